The zero-order valence-electron chi connectivity index (χ0n) is 11.7. The van der Waals surface area contributed by atoms with Gasteiger partial charge >= 0.3 is 0 Å². The van der Waals surface area contributed by atoms with Gasteiger partial charge in [0.2, 0.25) is 0 Å². The van der Waals surface area contributed by atoms with Crippen molar-refractivity contribution in [2.75, 3.05) is 6.61 Å². The van der Waals surface area contributed by atoms with Crippen molar-refractivity contribution in [2.24, 2.45) is 5.10 Å². The minimum Gasteiger partial charge on any atom is -0.484 e. The number of aromatic amines is 1. The van der Waals surface area contributed by atoms with E-state index in [1.165, 1.54) is 6.21 Å². The highest BCUT2D eigenvalue weighted by atomic mass is 16.5. The molecule has 0 spiro atoms. The second-order valence-corrected chi connectivity index (χ2v) is 3.52. The highest BCUT2D eigenvalue weighted by Gasteiger charge is 2.00. The largest absolute Gasteiger partial charge is 0.484 e. The zero-order valence-corrected chi connectivity index (χ0v) is 11.7. The van der Waals surface area contributed by atoms with Gasteiger partial charge in [0, 0.05) is 6.20 Å². The van der Waals surface area contributed by atoms with Crippen LogP contribution in [0.25, 0.3) is 0 Å². The molecule has 0 unspecified atom stereocenters. The fourth-order valence-electron chi connectivity index (χ4n) is 1.30. The Morgan fingerprint density at radius 1 is 1.25 bits per heavy atom. The number of aromatic nitrogens is 1. The van der Waals surface area contributed by atoms with Crippen LogP contribution in [-0.2, 0) is 4.79 Å². The Morgan fingerprint density at radius 2 is 2.00 bits per heavy atom. The van der Waals surface area contributed by atoms with Crippen molar-refractivity contribution in [1.29, 1.82) is 0 Å². The summed E-state index contributed by atoms with van der Waals surface area (Å²) in [6.45, 7) is 3.94. The van der Waals surface area contributed by atoms with E-state index in [2.05, 4.69) is 15.5 Å². The van der Waals surface area contributed by atoms with E-state index in [-0.39, 0.29) is 12.5 Å². The molecule has 0 atom stereocenters. The van der Waals surface area contributed by atoms with Gasteiger partial charge in [-0.2, -0.15) is 5.10 Å². The molecular formula is C15H19N3O2. The average molecular weight is 273 g/mol. The maximum absolute atomic E-state index is 11.4. The summed E-state index contributed by atoms with van der Waals surface area (Å²) in [6.07, 6.45) is 3.31. The van der Waals surface area contributed by atoms with Gasteiger partial charge in [-0.05, 0) is 24.3 Å². The van der Waals surface area contributed by atoms with Gasteiger partial charge in [-0.1, -0.05) is 32.0 Å². The SMILES string of the molecule is CC.O=C(COc1ccccc1)N/N=C/c1ccc[nH]1. The maximum Gasteiger partial charge on any atom is 0.277 e. The molecule has 0 fully saturated rings. The number of hydrazone groups is 1. The molecule has 0 bridgehead atoms. The normalized spacial score (nSPS) is 9.70. The Labute approximate surface area is 118 Å². The lowest BCUT2D eigenvalue weighted by molar-refractivity contribution is -0.123. The summed E-state index contributed by atoms with van der Waals surface area (Å²) in [4.78, 5) is 14.3. The molecule has 2 aromatic rings. The zero-order chi connectivity index (χ0) is 14.6. The van der Waals surface area contributed by atoms with E-state index in [4.69, 9.17) is 4.74 Å². The van der Waals surface area contributed by atoms with Crippen LogP contribution in [0, 0.1) is 0 Å². The van der Waals surface area contributed by atoms with Crippen molar-refractivity contribution in [3.05, 3.63) is 54.4 Å². The first-order chi connectivity index (χ1) is 9.84. The number of carbonyl (C=O) groups excluding carboxylic acids is 1. The Balaban J connectivity index is 0.000000956. The summed E-state index contributed by atoms with van der Waals surface area (Å²) in [6, 6.07) is 12.8. The van der Waals surface area contributed by atoms with E-state index < -0.39 is 0 Å². The van der Waals surface area contributed by atoms with Crippen molar-refractivity contribution >= 4 is 12.1 Å². The van der Waals surface area contributed by atoms with Crippen molar-refractivity contribution in [3.8, 4) is 5.75 Å². The van der Waals surface area contributed by atoms with Crippen molar-refractivity contribution in [1.82, 2.24) is 10.4 Å². The lowest BCUT2D eigenvalue weighted by Gasteiger charge is -2.03. The summed E-state index contributed by atoms with van der Waals surface area (Å²) in [5, 5.41) is 3.79. The number of amides is 1. The first-order valence-corrected chi connectivity index (χ1v) is 6.48. The number of rotatable bonds is 5. The molecule has 0 saturated heterocycles. The van der Waals surface area contributed by atoms with E-state index in [1.54, 1.807) is 18.3 Å². The van der Waals surface area contributed by atoms with Crippen molar-refractivity contribution in [2.45, 2.75) is 13.8 Å². The summed E-state index contributed by atoms with van der Waals surface area (Å²) in [5.74, 6) is 0.350. The molecule has 5 nitrogen and oxygen atoms in total. The number of para-hydroxylation sites is 1. The monoisotopic (exact) mass is 273 g/mol. The molecule has 106 valence electrons. The van der Waals surface area contributed by atoms with Crippen LogP contribution in [0.1, 0.15) is 19.5 Å². The molecule has 2 N–H and O–H groups in total. The van der Waals surface area contributed by atoms with Gasteiger partial charge in [0.1, 0.15) is 5.75 Å². The van der Waals surface area contributed by atoms with Gasteiger partial charge in [-0.3, -0.25) is 4.79 Å². The third kappa shape index (κ3) is 5.86. The third-order valence-electron chi connectivity index (χ3n) is 2.13. The molecule has 20 heavy (non-hydrogen) atoms. The second kappa shape index (κ2) is 9.38. The van der Waals surface area contributed by atoms with Crippen LogP contribution in [0.2, 0.25) is 0 Å². The number of hydrogen-bond donors (Lipinski definition) is 2. The van der Waals surface area contributed by atoms with Crippen molar-refractivity contribution < 1.29 is 9.53 Å². The molecule has 0 aliphatic carbocycles. The minimum absolute atomic E-state index is 0.0634. The number of H-pyrrole nitrogens is 1. The van der Waals surface area contributed by atoms with Crippen LogP contribution in [0.3, 0.4) is 0 Å². The molecule has 1 aromatic heterocycles. The van der Waals surface area contributed by atoms with Gasteiger partial charge in [0.15, 0.2) is 6.61 Å². The van der Waals surface area contributed by atoms with Crippen LogP contribution < -0.4 is 10.2 Å². The second-order valence-electron chi connectivity index (χ2n) is 3.52. The molecule has 5 heteroatoms. The molecule has 0 saturated carbocycles. The summed E-state index contributed by atoms with van der Waals surface area (Å²) < 4.78 is 5.26. The van der Waals surface area contributed by atoms with E-state index >= 15 is 0 Å². The van der Waals surface area contributed by atoms with E-state index in [1.807, 2.05) is 44.2 Å². The van der Waals surface area contributed by atoms with Gasteiger partial charge in [0.25, 0.3) is 5.91 Å². The van der Waals surface area contributed by atoms with Crippen LogP contribution >= 0.6 is 0 Å². The summed E-state index contributed by atoms with van der Waals surface area (Å²) >= 11 is 0. The first kappa shape index (κ1) is 15.5. The Kier molecular flexibility index (Phi) is 7.27. The average Bonchev–Trinajstić information content (AvgIpc) is 3.02. The topological polar surface area (TPSA) is 66.5 Å². The molecule has 2 rings (SSSR count). The smallest absolute Gasteiger partial charge is 0.277 e. The van der Waals surface area contributed by atoms with Crippen molar-refractivity contribution in [3.63, 3.8) is 0 Å². The van der Waals surface area contributed by atoms with Gasteiger partial charge < -0.3 is 9.72 Å². The van der Waals surface area contributed by atoms with Gasteiger partial charge in [-0.25, -0.2) is 5.43 Å². The minimum atomic E-state index is -0.304. The third-order valence-corrected chi connectivity index (χ3v) is 2.13. The molecule has 1 heterocycles. The number of hydrogen-bond acceptors (Lipinski definition) is 3. The fourth-order valence-corrected chi connectivity index (χ4v) is 1.30. The summed E-state index contributed by atoms with van der Waals surface area (Å²) in [5.41, 5.74) is 3.20. The Hall–Kier alpha value is -2.56. The lowest BCUT2D eigenvalue weighted by atomic mass is 10.3. The predicted molar refractivity (Wildman–Crippen MR) is 79.8 cm³/mol. The summed E-state index contributed by atoms with van der Waals surface area (Å²) in [7, 11) is 0. The molecule has 1 aromatic carbocycles. The van der Waals surface area contributed by atoms with Crippen LogP contribution in [0.15, 0.2) is 53.8 Å². The van der Waals surface area contributed by atoms with E-state index in [0.29, 0.717) is 5.75 Å². The Morgan fingerprint density at radius 3 is 2.65 bits per heavy atom. The molecule has 0 aliphatic rings. The predicted octanol–water partition coefficient (Wildman–Crippen LogP) is 2.57. The maximum atomic E-state index is 11.4. The molecule has 1 amide bonds. The first-order valence-electron chi connectivity index (χ1n) is 6.48. The van der Waals surface area contributed by atoms with Crippen LogP contribution in [0.4, 0.5) is 0 Å². The van der Waals surface area contributed by atoms with Crippen LogP contribution in [-0.4, -0.2) is 23.7 Å². The number of nitrogens with zero attached hydrogens (tertiary/aromatic N) is 1. The molecular weight excluding hydrogens is 254 g/mol. The van der Waals surface area contributed by atoms with E-state index in [0.717, 1.165) is 5.69 Å². The van der Waals surface area contributed by atoms with E-state index in [9.17, 15) is 4.79 Å². The van der Waals surface area contributed by atoms with Gasteiger partial charge in [-0.15, -0.1) is 0 Å². The Bertz CT molecular complexity index is 507. The fraction of sp³-hybridized carbons (Fsp3) is 0.200. The van der Waals surface area contributed by atoms with Gasteiger partial charge in [0.05, 0.1) is 11.9 Å². The van der Waals surface area contributed by atoms with Crippen LogP contribution in [0.5, 0.6) is 5.75 Å². The molecule has 0 radical (unpaired) electrons. The number of benzene rings is 1. The lowest BCUT2D eigenvalue weighted by Crippen LogP contribution is -2.24. The highest BCUT2D eigenvalue weighted by Crippen LogP contribution is 2.07. The number of ether oxygens (including phenoxy) is 1. The standard InChI is InChI=1S/C13H13N3O2.C2H6/c17-13(10-18-12-6-2-1-3-7-12)16-15-9-11-5-4-8-14-11;1-2/h1-9,14H,10H2,(H,16,17);1-2H3/b15-9+;. The quantitative estimate of drug-likeness (QED) is 0.649. The highest BCUT2D eigenvalue weighted by molar-refractivity contribution is 5.81. The molecule has 0 aliphatic heterocycles. The number of carbonyl (C=O) groups is 1. The number of nitrogens with one attached hydrogen (secondary N) is 2.